The first-order valence-electron chi connectivity index (χ1n) is 6.45. The number of nitrogens with one attached hydrogen (secondary N) is 1. The minimum Gasteiger partial charge on any atom is -0.368 e. The lowest BCUT2D eigenvalue weighted by Gasteiger charge is -2.09. The summed E-state index contributed by atoms with van der Waals surface area (Å²) in [5, 5.41) is 9.14. The lowest BCUT2D eigenvalue weighted by molar-refractivity contribution is 0.773. The molecule has 6 nitrogen and oxygen atoms in total. The first-order valence-corrected chi connectivity index (χ1v) is 6.83. The second kappa shape index (κ2) is 4.89. The molecule has 0 fully saturated rings. The molecule has 2 aromatic heterocycles. The van der Waals surface area contributed by atoms with Crippen molar-refractivity contribution in [1.29, 1.82) is 0 Å². The van der Waals surface area contributed by atoms with Crippen LogP contribution in [-0.2, 0) is 7.05 Å². The van der Waals surface area contributed by atoms with E-state index in [0.717, 1.165) is 22.3 Å². The van der Waals surface area contributed by atoms with E-state index in [1.54, 1.807) is 4.68 Å². The van der Waals surface area contributed by atoms with Crippen molar-refractivity contribution < 1.29 is 0 Å². The molecule has 1 aromatic carbocycles. The quantitative estimate of drug-likeness (QED) is 0.760. The zero-order chi connectivity index (χ0) is 15.1. The summed E-state index contributed by atoms with van der Waals surface area (Å²) >= 11 is 6.15. The van der Waals surface area contributed by atoms with Crippen LogP contribution in [0.5, 0.6) is 0 Å². The van der Waals surface area contributed by atoms with Crippen molar-refractivity contribution in [1.82, 2.24) is 19.7 Å². The van der Waals surface area contributed by atoms with Crippen molar-refractivity contribution in [2.24, 2.45) is 7.05 Å². The number of aryl methyl sites for hydroxylation is 3. The third-order valence-corrected chi connectivity index (χ3v) is 3.72. The van der Waals surface area contributed by atoms with Gasteiger partial charge in [0.05, 0.1) is 11.1 Å². The van der Waals surface area contributed by atoms with E-state index in [4.69, 9.17) is 17.3 Å². The second-order valence-corrected chi connectivity index (χ2v) is 5.33. The highest BCUT2D eigenvalue weighted by atomic mass is 35.5. The van der Waals surface area contributed by atoms with Gasteiger partial charge in [0.25, 0.3) is 0 Å². The van der Waals surface area contributed by atoms with Gasteiger partial charge in [-0.15, -0.1) is 0 Å². The maximum absolute atomic E-state index is 6.15. The zero-order valence-electron chi connectivity index (χ0n) is 12.0. The lowest BCUT2D eigenvalue weighted by atomic mass is 10.2. The van der Waals surface area contributed by atoms with Crippen molar-refractivity contribution in [2.75, 3.05) is 11.1 Å². The molecule has 0 atom stereocenters. The average Bonchev–Trinajstić information content (AvgIpc) is 2.69. The molecule has 0 aliphatic rings. The fraction of sp³-hybridized carbons (Fsp3) is 0.214. The normalized spacial score (nSPS) is 11.0. The van der Waals surface area contributed by atoms with Crippen molar-refractivity contribution >= 4 is 40.1 Å². The van der Waals surface area contributed by atoms with Crippen LogP contribution >= 0.6 is 11.6 Å². The Hall–Kier alpha value is -2.34. The molecule has 0 unspecified atom stereocenters. The minimum absolute atomic E-state index is 0.200. The van der Waals surface area contributed by atoms with Gasteiger partial charge < -0.3 is 11.1 Å². The highest BCUT2D eigenvalue weighted by molar-refractivity contribution is 6.31. The predicted molar refractivity (Wildman–Crippen MR) is 84.9 cm³/mol. The van der Waals surface area contributed by atoms with Gasteiger partial charge in [-0.2, -0.15) is 15.1 Å². The lowest BCUT2D eigenvalue weighted by Crippen LogP contribution is -2.02. The van der Waals surface area contributed by atoms with Gasteiger partial charge in [-0.05, 0) is 31.5 Å². The molecule has 0 saturated heterocycles. The van der Waals surface area contributed by atoms with Crippen LogP contribution in [0.4, 0.5) is 17.5 Å². The van der Waals surface area contributed by atoms with E-state index in [0.29, 0.717) is 16.5 Å². The summed E-state index contributed by atoms with van der Waals surface area (Å²) in [7, 11) is 1.83. The smallest absolute Gasteiger partial charge is 0.224 e. The SMILES string of the molecule is Cc1ccc(Nc2nc(N)nc3c2c(C)nn3C)cc1Cl. The molecule has 21 heavy (non-hydrogen) atoms. The number of hydrogen-bond donors (Lipinski definition) is 2. The van der Waals surface area contributed by atoms with E-state index >= 15 is 0 Å². The first-order chi connectivity index (χ1) is 9.95. The van der Waals surface area contributed by atoms with Crippen molar-refractivity contribution in [3.63, 3.8) is 0 Å². The fourth-order valence-corrected chi connectivity index (χ4v) is 2.43. The van der Waals surface area contributed by atoms with Crippen LogP contribution in [0.2, 0.25) is 5.02 Å². The number of rotatable bonds is 2. The van der Waals surface area contributed by atoms with Crippen LogP contribution < -0.4 is 11.1 Å². The van der Waals surface area contributed by atoms with Gasteiger partial charge in [0.2, 0.25) is 5.95 Å². The summed E-state index contributed by atoms with van der Waals surface area (Å²) in [6.45, 7) is 3.87. The highest BCUT2D eigenvalue weighted by Crippen LogP contribution is 2.28. The number of nitrogen functional groups attached to an aromatic ring is 1. The van der Waals surface area contributed by atoms with Gasteiger partial charge in [-0.25, -0.2) is 4.68 Å². The number of benzene rings is 1. The summed E-state index contributed by atoms with van der Waals surface area (Å²) in [4.78, 5) is 8.51. The molecule has 0 saturated carbocycles. The van der Waals surface area contributed by atoms with Crippen molar-refractivity contribution in [3.05, 3.63) is 34.5 Å². The monoisotopic (exact) mass is 302 g/mol. The molecule has 0 aliphatic heterocycles. The topological polar surface area (TPSA) is 81.7 Å². The Morgan fingerprint density at radius 1 is 1.24 bits per heavy atom. The van der Waals surface area contributed by atoms with E-state index in [1.165, 1.54) is 0 Å². The van der Waals surface area contributed by atoms with Crippen LogP contribution in [0.25, 0.3) is 11.0 Å². The second-order valence-electron chi connectivity index (χ2n) is 4.93. The molecule has 3 rings (SSSR count). The summed E-state index contributed by atoms with van der Waals surface area (Å²) in [5.41, 5.74) is 9.18. The number of halogens is 1. The summed E-state index contributed by atoms with van der Waals surface area (Å²) in [5.74, 6) is 0.828. The molecule has 7 heteroatoms. The Morgan fingerprint density at radius 2 is 2.00 bits per heavy atom. The molecular weight excluding hydrogens is 288 g/mol. The maximum atomic E-state index is 6.15. The molecule has 0 amide bonds. The molecule has 0 spiro atoms. The van der Waals surface area contributed by atoms with E-state index in [1.807, 2.05) is 39.1 Å². The van der Waals surface area contributed by atoms with E-state index in [9.17, 15) is 0 Å². The van der Waals surface area contributed by atoms with Crippen LogP contribution in [-0.4, -0.2) is 19.7 Å². The number of anilines is 3. The molecule has 0 bridgehead atoms. The number of nitrogens with zero attached hydrogens (tertiary/aromatic N) is 4. The highest BCUT2D eigenvalue weighted by Gasteiger charge is 2.14. The standard InChI is InChI=1S/C14H15ClN6/c1-7-4-5-9(6-10(7)15)17-12-11-8(2)20-21(3)13(11)19-14(16)18-12/h4-6H,1-3H3,(H3,16,17,18,19). The zero-order valence-corrected chi connectivity index (χ0v) is 12.7. The van der Waals surface area contributed by atoms with E-state index in [2.05, 4.69) is 20.4 Å². The van der Waals surface area contributed by atoms with Gasteiger partial charge in [0.15, 0.2) is 5.65 Å². The first kappa shape index (κ1) is 13.6. The predicted octanol–water partition coefficient (Wildman–Crippen LogP) is 2.96. The van der Waals surface area contributed by atoms with E-state index in [-0.39, 0.29) is 5.95 Å². The van der Waals surface area contributed by atoms with Gasteiger partial charge >= 0.3 is 0 Å². The number of aromatic nitrogens is 4. The van der Waals surface area contributed by atoms with Gasteiger partial charge in [-0.1, -0.05) is 17.7 Å². The molecule has 0 aliphatic carbocycles. The summed E-state index contributed by atoms with van der Waals surface area (Å²) < 4.78 is 1.69. The Morgan fingerprint density at radius 3 is 2.71 bits per heavy atom. The van der Waals surface area contributed by atoms with Crippen LogP contribution in [0.3, 0.4) is 0 Å². The van der Waals surface area contributed by atoms with Gasteiger partial charge in [-0.3, -0.25) is 0 Å². The van der Waals surface area contributed by atoms with Crippen molar-refractivity contribution in [3.8, 4) is 0 Å². The molecule has 3 N–H and O–H groups in total. The van der Waals surface area contributed by atoms with Crippen molar-refractivity contribution in [2.45, 2.75) is 13.8 Å². The third-order valence-electron chi connectivity index (χ3n) is 3.31. The minimum atomic E-state index is 0.200. The van der Waals surface area contributed by atoms with E-state index < -0.39 is 0 Å². The number of nitrogens with two attached hydrogens (primary N) is 1. The van der Waals surface area contributed by atoms with Crippen LogP contribution in [0.1, 0.15) is 11.3 Å². The Labute approximate surface area is 127 Å². The summed E-state index contributed by atoms with van der Waals surface area (Å²) in [6.07, 6.45) is 0. The largest absolute Gasteiger partial charge is 0.368 e. The van der Waals surface area contributed by atoms with Crippen LogP contribution in [0.15, 0.2) is 18.2 Å². The van der Waals surface area contributed by atoms with Gasteiger partial charge in [0, 0.05) is 17.8 Å². The Kier molecular flexibility index (Phi) is 3.17. The molecule has 108 valence electrons. The molecular formula is C14H15ClN6. The Bertz CT molecular complexity index is 839. The average molecular weight is 303 g/mol. The number of fused-ring (bicyclic) bond motifs is 1. The summed E-state index contributed by atoms with van der Waals surface area (Å²) in [6, 6.07) is 5.74. The number of hydrogen-bond acceptors (Lipinski definition) is 5. The third kappa shape index (κ3) is 2.38. The van der Waals surface area contributed by atoms with Crippen LogP contribution in [0, 0.1) is 13.8 Å². The molecule has 2 heterocycles. The van der Waals surface area contributed by atoms with Gasteiger partial charge in [0.1, 0.15) is 5.82 Å². The Balaban J connectivity index is 2.13. The maximum Gasteiger partial charge on any atom is 0.224 e. The molecule has 0 radical (unpaired) electrons. The molecule has 3 aromatic rings. The fourth-order valence-electron chi connectivity index (χ4n) is 2.25.